The second kappa shape index (κ2) is 7.40. The third-order valence-corrected chi connectivity index (χ3v) is 4.07. The SMILES string of the molecule is CCCCN(C)CC1CCN(C(=O)c2nc(N)n[nH]2)CC1. The molecule has 7 nitrogen and oxygen atoms in total. The number of nitrogens with two attached hydrogens (primary N) is 1. The Morgan fingerprint density at radius 2 is 2.19 bits per heavy atom. The fourth-order valence-corrected chi connectivity index (χ4v) is 2.80. The number of nitrogens with one attached hydrogen (secondary N) is 1. The molecule has 1 aromatic rings. The van der Waals surface area contributed by atoms with E-state index in [1.54, 1.807) is 0 Å². The Bertz CT molecular complexity index is 452. The number of hydrogen-bond acceptors (Lipinski definition) is 5. The van der Waals surface area contributed by atoms with E-state index in [0.29, 0.717) is 5.92 Å². The van der Waals surface area contributed by atoms with Gasteiger partial charge in [-0.15, -0.1) is 5.10 Å². The number of unbranched alkanes of at least 4 members (excludes halogenated alkanes) is 1. The number of aromatic amines is 1. The van der Waals surface area contributed by atoms with Gasteiger partial charge in [-0.3, -0.25) is 9.89 Å². The molecule has 1 amide bonds. The van der Waals surface area contributed by atoms with Crippen molar-refractivity contribution in [2.75, 3.05) is 39.0 Å². The number of H-pyrrole nitrogens is 1. The predicted molar refractivity (Wildman–Crippen MR) is 81.8 cm³/mol. The largest absolute Gasteiger partial charge is 0.366 e. The Labute approximate surface area is 125 Å². The number of rotatable bonds is 6. The molecule has 118 valence electrons. The molecule has 21 heavy (non-hydrogen) atoms. The van der Waals surface area contributed by atoms with Gasteiger partial charge < -0.3 is 15.5 Å². The molecule has 0 unspecified atom stereocenters. The normalized spacial score (nSPS) is 16.6. The van der Waals surface area contributed by atoms with Crippen LogP contribution in [-0.2, 0) is 0 Å². The average Bonchev–Trinajstić information content (AvgIpc) is 2.92. The van der Waals surface area contributed by atoms with Gasteiger partial charge in [0.2, 0.25) is 11.8 Å². The molecule has 1 aromatic heterocycles. The Morgan fingerprint density at radius 1 is 1.48 bits per heavy atom. The van der Waals surface area contributed by atoms with Crippen molar-refractivity contribution in [1.82, 2.24) is 25.0 Å². The first-order valence-corrected chi connectivity index (χ1v) is 7.75. The van der Waals surface area contributed by atoms with Crippen molar-refractivity contribution in [3.05, 3.63) is 5.82 Å². The number of piperidine rings is 1. The van der Waals surface area contributed by atoms with Crippen molar-refractivity contribution in [2.45, 2.75) is 32.6 Å². The van der Waals surface area contributed by atoms with Gasteiger partial charge >= 0.3 is 0 Å². The summed E-state index contributed by atoms with van der Waals surface area (Å²) in [6.07, 6.45) is 4.58. The zero-order chi connectivity index (χ0) is 15.2. The van der Waals surface area contributed by atoms with Crippen molar-refractivity contribution < 1.29 is 4.79 Å². The van der Waals surface area contributed by atoms with Gasteiger partial charge in [0.1, 0.15) is 0 Å². The highest BCUT2D eigenvalue weighted by Gasteiger charge is 2.25. The first-order chi connectivity index (χ1) is 10.1. The summed E-state index contributed by atoms with van der Waals surface area (Å²) in [7, 11) is 2.19. The lowest BCUT2D eigenvalue weighted by Gasteiger charge is -2.33. The molecule has 2 heterocycles. The van der Waals surface area contributed by atoms with Crippen LogP contribution < -0.4 is 5.73 Å². The van der Waals surface area contributed by atoms with E-state index in [0.717, 1.165) is 39.0 Å². The molecular formula is C14H26N6O. The maximum Gasteiger partial charge on any atom is 0.291 e. The third-order valence-electron chi connectivity index (χ3n) is 4.07. The van der Waals surface area contributed by atoms with E-state index in [-0.39, 0.29) is 17.7 Å². The molecule has 2 rings (SSSR count). The smallest absolute Gasteiger partial charge is 0.291 e. The van der Waals surface area contributed by atoms with Gasteiger partial charge in [0.05, 0.1) is 0 Å². The van der Waals surface area contributed by atoms with Crippen LogP contribution in [0.3, 0.4) is 0 Å². The molecule has 1 saturated heterocycles. The van der Waals surface area contributed by atoms with Gasteiger partial charge in [-0.05, 0) is 38.8 Å². The molecule has 0 saturated carbocycles. The lowest BCUT2D eigenvalue weighted by atomic mass is 9.96. The quantitative estimate of drug-likeness (QED) is 0.816. The summed E-state index contributed by atoms with van der Waals surface area (Å²) in [5.74, 6) is 0.935. The number of aromatic nitrogens is 3. The second-order valence-corrected chi connectivity index (χ2v) is 5.89. The Balaban J connectivity index is 1.76. The van der Waals surface area contributed by atoms with E-state index in [4.69, 9.17) is 5.73 Å². The molecule has 3 N–H and O–H groups in total. The zero-order valence-electron chi connectivity index (χ0n) is 13.0. The summed E-state index contributed by atoms with van der Waals surface area (Å²) in [6, 6.07) is 0. The summed E-state index contributed by atoms with van der Waals surface area (Å²) >= 11 is 0. The molecule has 0 bridgehead atoms. The highest BCUT2D eigenvalue weighted by atomic mass is 16.2. The van der Waals surface area contributed by atoms with Crippen molar-refractivity contribution in [3.8, 4) is 0 Å². The van der Waals surface area contributed by atoms with Crippen LogP contribution in [-0.4, -0.2) is 64.1 Å². The van der Waals surface area contributed by atoms with Crippen LogP contribution in [0.5, 0.6) is 0 Å². The minimum Gasteiger partial charge on any atom is -0.366 e. The monoisotopic (exact) mass is 294 g/mol. The van der Waals surface area contributed by atoms with Gasteiger partial charge in [-0.2, -0.15) is 4.98 Å². The summed E-state index contributed by atoms with van der Waals surface area (Å²) in [5.41, 5.74) is 5.43. The molecule has 1 fully saturated rings. The number of amides is 1. The molecule has 1 aliphatic heterocycles. The molecular weight excluding hydrogens is 268 g/mol. The van der Waals surface area contributed by atoms with Gasteiger partial charge in [-0.1, -0.05) is 13.3 Å². The Hall–Kier alpha value is -1.63. The summed E-state index contributed by atoms with van der Waals surface area (Å²) in [4.78, 5) is 20.3. The van der Waals surface area contributed by atoms with Crippen LogP contribution in [0.15, 0.2) is 0 Å². The predicted octanol–water partition coefficient (Wildman–Crippen LogP) is 0.971. The number of carbonyl (C=O) groups excluding carboxylic acids is 1. The molecule has 0 aromatic carbocycles. The van der Waals surface area contributed by atoms with E-state index in [9.17, 15) is 4.79 Å². The molecule has 0 aliphatic carbocycles. The topological polar surface area (TPSA) is 91.1 Å². The van der Waals surface area contributed by atoms with Crippen molar-refractivity contribution >= 4 is 11.9 Å². The maximum absolute atomic E-state index is 12.2. The van der Waals surface area contributed by atoms with E-state index < -0.39 is 0 Å². The van der Waals surface area contributed by atoms with Crippen LogP contribution in [0.4, 0.5) is 5.95 Å². The van der Waals surface area contributed by atoms with Crippen LogP contribution in [0.25, 0.3) is 0 Å². The second-order valence-electron chi connectivity index (χ2n) is 5.89. The molecule has 0 radical (unpaired) electrons. The van der Waals surface area contributed by atoms with Crippen LogP contribution in [0.2, 0.25) is 0 Å². The van der Waals surface area contributed by atoms with Crippen molar-refractivity contribution in [3.63, 3.8) is 0 Å². The average molecular weight is 294 g/mol. The van der Waals surface area contributed by atoms with Crippen LogP contribution in [0, 0.1) is 5.92 Å². The summed E-state index contributed by atoms with van der Waals surface area (Å²) in [6.45, 7) is 6.07. The number of hydrogen-bond donors (Lipinski definition) is 2. The fraction of sp³-hybridized carbons (Fsp3) is 0.786. The highest BCUT2D eigenvalue weighted by Crippen LogP contribution is 2.19. The Kier molecular flexibility index (Phi) is 5.55. The van der Waals surface area contributed by atoms with Crippen LogP contribution in [0.1, 0.15) is 43.2 Å². The zero-order valence-corrected chi connectivity index (χ0v) is 13.0. The van der Waals surface area contributed by atoms with Crippen molar-refractivity contribution in [1.29, 1.82) is 0 Å². The summed E-state index contributed by atoms with van der Waals surface area (Å²) < 4.78 is 0. The van der Waals surface area contributed by atoms with Gasteiger partial charge in [0.15, 0.2) is 0 Å². The highest BCUT2D eigenvalue weighted by molar-refractivity contribution is 5.90. The van der Waals surface area contributed by atoms with E-state index >= 15 is 0 Å². The first-order valence-electron chi connectivity index (χ1n) is 7.75. The van der Waals surface area contributed by atoms with Crippen molar-refractivity contribution in [2.24, 2.45) is 5.92 Å². The standard InChI is InChI=1S/C14H26N6O/c1-3-4-7-19(2)10-11-5-8-20(9-6-11)13(21)12-16-14(15)18-17-12/h11H,3-10H2,1-2H3,(H3,15,16,17,18). The molecule has 0 spiro atoms. The number of anilines is 1. The number of nitrogens with zero attached hydrogens (tertiary/aromatic N) is 4. The lowest BCUT2D eigenvalue weighted by Crippen LogP contribution is -2.41. The molecule has 1 aliphatic rings. The number of likely N-dealkylation sites (tertiary alicyclic amines) is 1. The third kappa shape index (κ3) is 4.42. The lowest BCUT2D eigenvalue weighted by molar-refractivity contribution is 0.0661. The van der Waals surface area contributed by atoms with E-state index in [1.807, 2.05) is 4.90 Å². The van der Waals surface area contributed by atoms with Gasteiger partial charge in [-0.25, -0.2) is 0 Å². The molecule has 0 atom stereocenters. The maximum atomic E-state index is 12.2. The minimum absolute atomic E-state index is 0.100. The number of carbonyl (C=O) groups is 1. The van der Waals surface area contributed by atoms with Gasteiger partial charge in [0, 0.05) is 19.6 Å². The first kappa shape index (κ1) is 15.8. The van der Waals surface area contributed by atoms with E-state index in [2.05, 4.69) is 34.1 Å². The Morgan fingerprint density at radius 3 is 2.76 bits per heavy atom. The minimum atomic E-state index is -0.100. The number of nitrogen functional groups attached to an aromatic ring is 1. The van der Waals surface area contributed by atoms with Gasteiger partial charge in [0.25, 0.3) is 5.91 Å². The summed E-state index contributed by atoms with van der Waals surface area (Å²) in [5, 5.41) is 6.29. The molecule has 7 heteroatoms. The fourth-order valence-electron chi connectivity index (χ4n) is 2.80. The van der Waals surface area contributed by atoms with E-state index in [1.165, 1.54) is 12.8 Å². The van der Waals surface area contributed by atoms with Crippen LogP contribution >= 0.6 is 0 Å².